The van der Waals surface area contributed by atoms with Crippen LogP contribution < -0.4 is 0 Å². The Hall–Kier alpha value is 0.430. The second-order valence-corrected chi connectivity index (χ2v) is 4.95. The maximum atomic E-state index is 5.80. The second-order valence-electron chi connectivity index (χ2n) is 3.62. The first-order chi connectivity index (χ1) is 8.86. The van der Waals surface area contributed by atoms with Crippen LogP contribution in [0, 0.1) is 0 Å². The summed E-state index contributed by atoms with van der Waals surface area (Å²) in [5, 5.41) is 0. The molecule has 0 spiro atoms. The Morgan fingerprint density at radius 3 is 2.44 bits per heavy atom. The average molecular weight is 399 g/mol. The summed E-state index contributed by atoms with van der Waals surface area (Å²) in [6, 6.07) is 0. The third-order valence-corrected chi connectivity index (χ3v) is 2.22. The van der Waals surface area contributed by atoms with E-state index >= 15 is 0 Å². The predicted octanol–water partition coefficient (Wildman–Crippen LogP) is 3.46. The molecule has 2 rings (SSSR count). The molecule has 0 bridgehead atoms. The molecule has 0 aromatic carbocycles. The number of rotatable bonds is 2. The molecule has 2 aliphatic carbocycles. The summed E-state index contributed by atoms with van der Waals surface area (Å²) in [4.78, 5) is 0. The average Bonchev–Trinajstić information content (AvgIpc) is 2.44. The molecule has 0 saturated heterocycles. The normalized spacial score (nSPS) is 19.9. The van der Waals surface area contributed by atoms with Crippen LogP contribution in [0.15, 0.2) is 52.0 Å². The van der Waals surface area contributed by atoms with Gasteiger partial charge in [0.05, 0.1) is 5.76 Å². The van der Waals surface area contributed by atoms with E-state index in [0.717, 1.165) is 43.1 Å². The van der Waals surface area contributed by atoms with Crippen molar-refractivity contribution in [3.05, 3.63) is 48.3 Å². The van der Waals surface area contributed by atoms with Crippen molar-refractivity contribution in [2.24, 2.45) is 3.68 Å². The van der Waals surface area contributed by atoms with Crippen LogP contribution in [-0.4, -0.2) is 13.2 Å². The summed E-state index contributed by atoms with van der Waals surface area (Å²) in [6.45, 7) is 0. The summed E-state index contributed by atoms with van der Waals surface area (Å²) in [5.74, 6) is 1.12. The van der Waals surface area contributed by atoms with Gasteiger partial charge in [-0.1, -0.05) is 30.4 Å². The van der Waals surface area contributed by atoms with E-state index in [4.69, 9.17) is 4.74 Å². The van der Waals surface area contributed by atoms with Gasteiger partial charge in [-0.25, -0.2) is 0 Å². The van der Waals surface area contributed by atoms with E-state index in [2.05, 4.69) is 40.1 Å². The number of ether oxygens (including phenoxy) is 1. The van der Waals surface area contributed by atoms with Crippen molar-refractivity contribution in [3.63, 3.8) is 0 Å². The molecular weight excluding hydrogens is 382 g/mol. The molecule has 0 aromatic heterocycles. The summed E-state index contributed by atoms with van der Waals surface area (Å²) < 4.78 is 9.43. The van der Waals surface area contributed by atoms with Crippen LogP contribution in [0.3, 0.4) is 0 Å². The standard InChI is InChI=1S/C12H14O.CH3N.3Zn/c1-3-7-11(8-4-1)13-12-9-5-2-6-10-12;1-2;;;/h1-5,7,9,11H,6,8,10H2;1H3;;;. The molecule has 86 valence electrons. The molecule has 2 nitrogen and oxygen atoms in total. The monoisotopic (exact) mass is 395 g/mol. The van der Waals surface area contributed by atoms with Crippen molar-refractivity contribution in [2.75, 3.05) is 7.05 Å². The molecule has 0 saturated carbocycles. The molecule has 0 heterocycles. The van der Waals surface area contributed by atoms with Crippen molar-refractivity contribution in [1.29, 1.82) is 0 Å². The third kappa shape index (κ3) is 9.37. The van der Waals surface area contributed by atoms with Crippen LogP contribution in [0.5, 0.6) is 0 Å². The molecular formula is C13H17NOZn3. The second kappa shape index (κ2) is 13.9. The Bertz CT molecular complexity index is 348. The fourth-order valence-electron chi connectivity index (χ4n) is 1.52. The number of allylic oxidation sites excluding steroid dienone is 6. The van der Waals surface area contributed by atoms with Gasteiger partial charge in [-0.15, -0.1) is 0 Å². The molecule has 0 fully saturated rings. The molecule has 2 aliphatic rings. The van der Waals surface area contributed by atoms with Crippen LogP contribution in [0.2, 0.25) is 0 Å². The first-order valence-corrected chi connectivity index (χ1v) is 20.4. The van der Waals surface area contributed by atoms with Crippen LogP contribution in [-0.2, 0) is 53.3 Å². The fraction of sp³-hybridized carbons (Fsp3) is 0.385. The zero-order valence-electron chi connectivity index (χ0n) is 11.2. The van der Waals surface area contributed by atoms with E-state index in [9.17, 15) is 0 Å². The molecule has 0 amide bonds. The van der Waals surface area contributed by atoms with Gasteiger partial charge in [0.25, 0.3) is 0 Å². The Morgan fingerprint density at radius 2 is 1.94 bits per heavy atom. The van der Waals surface area contributed by atoms with Crippen LogP contribution >= 0.6 is 0 Å². The molecule has 0 aromatic rings. The minimum atomic E-state index is 0.253. The zero-order valence-corrected chi connectivity index (χ0v) is 20.1. The molecule has 0 N–H and O–H groups in total. The van der Waals surface area contributed by atoms with Gasteiger partial charge in [0.1, 0.15) is 6.10 Å². The SMILES string of the molecule is C1=CCCC(OC2C=CC=CC2)=C1.C[N]=[Zn].[Zn]=[Zn]. The maximum absolute atomic E-state index is 5.80. The molecule has 0 radical (unpaired) electrons. The van der Waals surface area contributed by atoms with Gasteiger partial charge in [-0.2, -0.15) is 0 Å². The van der Waals surface area contributed by atoms with Gasteiger partial charge in [-0.05, 0) is 18.6 Å². The van der Waals surface area contributed by atoms with Gasteiger partial charge >= 0.3 is 59.3 Å². The van der Waals surface area contributed by atoms with E-state index in [1.54, 1.807) is 7.05 Å². The number of nitrogens with zero attached hydrogens (tertiary/aromatic N) is 1. The minimum absolute atomic E-state index is 0.253. The van der Waals surface area contributed by atoms with Crippen molar-refractivity contribution in [2.45, 2.75) is 25.4 Å². The summed E-state index contributed by atoms with van der Waals surface area (Å²) in [7, 11) is 1.81. The summed E-state index contributed by atoms with van der Waals surface area (Å²) in [6.07, 6.45) is 18.1. The van der Waals surface area contributed by atoms with Crippen molar-refractivity contribution in [1.82, 2.24) is 0 Å². The first kappa shape index (κ1) is 18.4. The van der Waals surface area contributed by atoms with Gasteiger partial charge < -0.3 is 4.74 Å². The van der Waals surface area contributed by atoms with Crippen LogP contribution in [0.25, 0.3) is 0 Å². The van der Waals surface area contributed by atoms with E-state index in [1.165, 1.54) is 30.4 Å². The molecule has 5 heteroatoms. The van der Waals surface area contributed by atoms with E-state index < -0.39 is 0 Å². The van der Waals surface area contributed by atoms with Gasteiger partial charge in [0.2, 0.25) is 0 Å². The topological polar surface area (TPSA) is 21.6 Å². The van der Waals surface area contributed by atoms with Crippen molar-refractivity contribution >= 4 is 0 Å². The Kier molecular flexibility index (Phi) is 14.2. The van der Waals surface area contributed by atoms with Gasteiger partial charge in [0.15, 0.2) is 0 Å². The van der Waals surface area contributed by atoms with E-state index in [0.29, 0.717) is 0 Å². The van der Waals surface area contributed by atoms with Crippen molar-refractivity contribution in [3.8, 4) is 0 Å². The Balaban J connectivity index is 0.000000509. The van der Waals surface area contributed by atoms with E-state index in [-0.39, 0.29) is 6.10 Å². The number of hydrogen-bond acceptors (Lipinski definition) is 2. The fourth-order valence-corrected chi connectivity index (χ4v) is 1.52. The van der Waals surface area contributed by atoms with Crippen LogP contribution in [0.4, 0.5) is 0 Å². The summed E-state index contributed by atoms with van der Waals surface area (Å²) >= 11 is 4.07. The van der Waals surface area contributed by atoms with Gasteiger partial charge in [0, 0.05) is 12.8 Å². The zero-order chi connectivity index (χ0) is 13.6. The molecule has 0 aliphatic heterocycles. The van der Waals surface area contributed by atoms with E-state index in [1.807, 2.05) is 6.08 Å². The summed E-state index contributed by atoms with van der Waals surface area (Å²) in [5.41, 5.74) is 0. The third-order valence-electron chi connectivity index (χ3n) is 2.22. The number of hydrogen-bond donors (Lipinski definition) is 0. The molecule has 1 atom stereocenters. The predicted molar refractivity (Wildman–Crippen MR) is 62.6 cm³/mol. The quantitative estimate of drug-likeness (QED) is 0.652. The Morgan fingerprint density at radius 1 is 1.22 bits per heavy atom. The van der Waals surface area contributed by atoms with Crippen molar-refractivity contribution < 1.29 is 53.3 Å². The molecule has 1 unspecified atom stereocenters. The van der Waals surface area contributed by atoms with Gasteiger partial charge in [-0.3, -0.25) is 0 Å². The Labute approximate surface area is 137 Å². The molecule has 18 heavy (non-hydrogen) atoms. The van der Waals surface area contributed by atoms with Crippen LogP contribution in [0.1, 0.15) is 19.3 Å². The first-order valence-electron chi connectivity index (χ1n) is 6.07.